The number of aromatic carboxylic acids is 1. The summed E-state index contributed by atoms with van der Waals surface area (Å²) in [6, 6.07) is 3.23. The number of nitrogens with one attached hydrogen (secondary N) is 1. The molecule has 0 radical (unpaired) electrons. The van der Waals surface area contributed by atoms with Crippen molar-refractivity contribution in [2.24, 2.45) is 0 Å². The first-order valence-electron chi connectivity index (χ1n) is 6.08. The largest absolute Gasteiger partial charge is 0.478 e. The van der Waals surface area contributed by atoms with Crippen molar-refractivity contribution in [3.8, 4) is 0 Å². The Kier molecular flexibility index (Phi) is 3.98. The van der Waals surface area contributed by atoms with Crippen LogP contribution in [0.2, 0.25) is 0 Å². The number of nitrogen functional groups attached to an aromatic ring is 1. The number of anilines is 1. The zero-order chi connectivity index (χ0) is 14.9. The zero-order valence-corrected chi connectivity index (χ0v) is 11.7. The fraction of sp³-hybridized carbons (Fsp3) is 0.417. The van der Waals surface area contributed by atoms with Crippen molar-refractivity contribution < 1.29 is 23.1 Å². The lowest BCUT2D eigenvalue weighted by Crippen LogP contribution is -2.39. The average Bonchev–Trinajstić information content (AvgIpc) is 2.73. The van der Waals surface area contributed by atoms with E-state index in [1.54, 1.807) is 6.92 Å². The molecule has 8 heteroatoms. The van der Waals surface area contributed by atoms with Gasteiger partial charge in [-0.3, -0.25) is 0 Å². The van der Waals surface area contributed by atoms with Crippen LogP contribution < -0.4 is 10.5 Å². The van der Waals surface area contributed by atoms with Crippen LogP contribution in [0.1, 0.15) is 23.7 Å². The molecule has 110 valence electrons. The third-order valence-corrected chi connectivity index (χ3v) is 4.79. The molecule has 20 heavy (non-hydrogen) atoms. The Bertz CT molecular complexity index is 629. The minimum absolute atomic E-state index is 0.0565. The molecule has 1 heterocycles. The van der Waals surface area contributed by atoms with E-state index in [0.717, 1.165) is 6.07 Å². The Balaban J connectivity index is 2.27. The standard InChI is InChI=1S/C12H16N2O5S/c1-7-10(4-5-19-7)14-20(17,18)11-3-2-8(12(15)16)6-9(11)13/h2-3,6-7,10,14H,4-5,13H2,1H3,(H,15,16). The molecule has 1 aliphatic heterocycles. The van der Waals surface area contributed by atoms with Gasteiger partial charge in [-0.05, 0) is 31.5 Å². The van der Waals surface area contributed by atoms with Crippen LogP contribution in [-0.4, -0.2) is 38.2 Å². The molecule has 1 aliphatic rings. The fourth-order valence-electron chi connectivity index (χ4n) is 2.08. The predicted molar refractivity (Wildman–Crippen MR) is 72.0 cm³/mol. The number of ether oxygens (including phenoxy) is 1. The highest BCUT2D eigenvalue weighted by Gasteiger charge is 2.30. The second-order valence-corrected chi connectivity index (χ2v) is 6.33. The third-order valence-electron chi connectivity index (χ3n) is 3.23. The van der Waals surface area contributed by atoms with Crippen LogP contribution in [0, 0.1) is 0 Å². The Labute approximate surface area is 116 Å². The van der Waals surface area contributed by atoms with Crippen molar-refractivity contribution in [3.05, 3.63) is 23.8 Å². The molecule has 1 fully saturated rings. The van der Waals surface area contributed by atoms with Crippen molar-refractivity contribution >= 4 is 21.7 Å². The molecule has 0 amide bonds. The van der Waals surface area contributed by atoms with Crippen LogP contribution >= 0.6 is 0 Å². The molecule has 2 rings (SSSR count). The van der Waals surface area contributed by atoms with Crippen LogP contribution in [0.3, 0.4) is 0 Å². The lowest BCUT2D eigenvalue weighted by Gasteiger charge is -2.17. The van der Waals surface area contributed by atoms with Crippen molar-refractivity contribution in [2.75, 3.05) is 12.3 Å². The molecular weight excluding hydrogens is 284 g/mol. The van der Waals surface area contributed by atoms with Crippen molar-refractivity contribution in [1.82, 2.24) is 4.72 Å². The lowest BCUT2D eigenvalue weighted by atomic mass is 10.2. The number of rotatable bonds is 4. The second-order valence-electron chi connectivity index (χ2n) is 4.65. The van der Waals surface area contributed by atoms with Gasteiger partial charge in [-0.2, -0.15) is 0 Å². The highest BCUT2D eigenvalue weighted by molar-refractivity contribution is 7.89. The number of hydrogen-bond donors (Lipinski definition) is 3. The fourth-order valence-corrected chi connectivity index (χ4v) is 3.53. The molecule has 4 N–H and O–H groups in total. The normalized spacial score (nSPS) is 22.9. The van der Waals surface area contributed by atoms with Crippen LogP contribution in [-0.2, 0) is 14.8 Å². The molecular formula is C12H16N2O5S. The summed E-state index contributed by atoms with van der Waals surface area (Å²) in [5.41, 5.74) is 5.49. The van der Waals surface area contributed by atoms with E-state index < -0.39 is 16.0 Å². The van der Waals surface area contributed by atoms with Gasteiger partial charge < -0.3 is 15.6 Å². The summed E-state index contributed by atoms with van der Waals surface area (Å²) < 4.78 is 32.3. The van der Waals surface area contributed by atoms with Gasteiger partial charge in [0.2, 0.25) is 10.0 Å². The van der Waals surface area contributed by atoms with Gasteiger partial charge in [0.25, 0.3) is 0 Å². The van der Waals surface area contributed by atoms with E-state index in [1.807, 2.05) is 0 Å². The second kappa shape index (κ2) is 5.39. The third kappa shape index (κ3) is 2.92. The Morgan fingerprint density at radius 1 is 1.50 bits per heavy atom. The van der Waals surface area contributed by atoms with Crippen molar-refractivity contribution in [1.29, 1.82) is 0 Å². The van der Waals surface area contributed by atoms with E-state index in [-0.39, 0.29) is 28.3 Å². The first-order chi connectivity index (χ1) is 9.31. The molecule has 7 nitrogen and oxygen atoms in total. The number of carboxylic acids is 1. The van der Waals surface area contributed by atoms with Gasteiger partial charge in [-0.1, -0.05) is 0 Å². The van der Waals surface area contributed by atoms with Crippen molar-refractivity contribution in [3.63, 3.8) is 0 Å². The minimum atomic E-state index is -3.80. The highest BCUT2D eigenvalue weighted by Crippen LogP contribution is 2.22. The van der Waals surface area contributed by atoms with Gasteiger partial charge in [0.1, 0.15) is 4.90 Å². The van der Waals surface area contributed by atoms with E-state index in [0.29, 0.717) is 13.0 Å². The molecule has 2 atom stereocenters. The molecule has 1 aromatic carbocycles. The number of nitrogens with two attached hydrogens (primary N) is 1. The molecule has 0 bridgehead atoms. The van der Waals surface area contributed by atoms with Crippen molar-refractivity contribution in [2.45, 2.75) is 30.4 Å². The smallest absolute Gasteiger partial charge is 0.335 e. The van der Waals surface area contributed by atoms with Crippen LogP contribution in [0.25, 0.3) is 0 Å². The quantitative estimate of drug-likeness (QED) is 0.693. The van der Waals surface area contributed by atoms with Crippen LogP contribution in [0.4, 0.5) is 5.69 Å². The summed E-state index contributed by atoms with van der Waals surface area (Å²) >= 11 is 0. The highest BCUT2D eigenvalue weighted by atomic mass is 32.2. The van der Waals surface area contributed by atoms with E-state index >= 15 is 0 Å². The number of carboxylic acid groups (broad SMARTS) is 1. The summed E-state index contributed by atoms with van der Waals surface area (Å²) in [6.07, 6.45) is 0.386. The van der Waals surface area contributed by atoms with Gasteiger partial charge in [-0.15, -0.1) is 0 Å². The SMILES string of the molecule is CC1OCCC1NS(=O)(=O)c1ccc(C(=O)O)cc1N. The monoisotopic (exact) mass is 300 g/mol. The number of hydrogen-bond acceptors (Lipinski definition) is 5. The summed E-state index contributed by atoms with van der Waals surface area (Å²) in [4.78, 5) is 10.7. The number of sulfonamides is 1. The van der Waals surface area contributed by atoms with Gasteiger partial charge in [-0.25, -0.2) is 17.9 Å². The minimum Gasteiger partial charge on any atom is -0.478 e. The molecule has 0 saturated carbocycles. The zero-order valence-electron chi connectivity index (χ0n) is 10.9. The van der Waals surface area contributed by atoms with Gasteiger partial charge >= 0.3 is 5.97 Å². The van der Waals surface area contributed by atoms with E-state index in [1.165, 1.54) is 12.1 Å². The molecule has 0 aliphatic carbocycles. The Morgan fingerprint density at radius 3 is 2.70 bits per heavy atom. The molecule has 1 saturated heterocycles. The summed E-state index contributed by atoms with van der Waals surface area (Å²) in [6.45, 7) is 2.29. The maximum atomic E-state index is 12.2. The van der Waals surface area contributed by atoms with E-state index in [2.05, 4.69) is 4.72 Å². The average molecular weight is 300 g/mol. The maximum absolute atomic E-state index is 12.2. The predicted octanol–water partition coefficient (Wildman–Crippen LogP) is 0.423. The van der Waals surface area contributed by atoms with Gasteiger partial charge in [0.15, 0.2) is 0 Å². The first-order valence-corrected chi connectivity index (χ1v) is 7.56. The maximum Gasteiger partial charge on any atom is 0.335 e. The number of carbonyl (C=O) groups is 1. The van der Waals surface area contributed by atoms with E-state index in [9.17, 15) is 13.2 Å². The Hall–Kier alpha value is -1.64. The summed E-state index contributed by atoms with van der Waals surface area (Å²) in [5, 5.41) is 8.83. The molecule has 2 unspecified atom stereocenters. The number of benzene rings is 1. The van der Waals surface area contributed by atoms with Crippen LogP contribution in [0.15, 0.2) is 23.1 Å². The molecule has 1 aromatic rings. The summed E-state index contributed by atoms with van der Waals surface area (Å²) in [5.74, 6) is -1.16. The van der Waals surface area contributed by atoms with E-state index in [4.69, 9.17) is 15.6 Å². The topological polar surface area (TPSA) is 119 Å². The Morgan fingerprint density at radius 2 is 2.20 bits per heavy atom. The molecule has 0 aromatic heterocycles. The lowest BCUT2D eigenvalue weighted by molar-refractivity contribution is 0.0697. The summed E-state index contributed by atoms with van der Waals surface area (Å²) in [7, 11) is -3.80. The van der Waals surface area contributed by atoms with Gasteiger partial charge in [0.05, 0.1) is 23.4 Å². The first kappa shape index (κ1) is 14.8. The van der Waals surface area contributed by atoms with Gasteiger partial charge in [0, 0.05) is 6.61 Å². The van der Waals surface area contributed by atoms with Crippen LogP contribution in [0.5, 0.6) is 0 Å². The molecule has 0 spiro atoms.